The summed E-state index contributed by atoms with van der Waals surface area (Å²) in [6.07, 6.45) is -4.66. The predicted molar refractivity (Wildman–Crippen MR) is 51.5 cm³/mol. The van der Waals surface area contributed by atoms with Gasteiger partial charge in [-0.3, -0.25) is 0 Å². The maximum absolute atomic E-state index is 11.9. The second-order valence-electron chi connectivity index (χ2n) is 2.73. The standard InChI is InChI=1S/C9H8BrF3O2/c1-14-5-6-2-3-7(4-8(6)10)15-9(11,12)13/h2-4H,5H2,1H3. The third kappa shape index (κ3) is 4.09. The molecular weight excluding hydrogens is 277 g/mol. The zero-order valence-electron chi connectivity index (χ0n) is 7.77. The second kappa shape index (κ2) is 4.85. The Morgan fingerprint density at radius 1 is 1.33 bits per heavy atom. The van der Waals surface area contributed by atoms with Gasteiger partial charge in [-0.2, -0.15) is 0 Å². The van der Waals surface area contributed by atoms with E-state index in [0.717, 1.165) is 5.56 Å². The first-order valence-corrected chi connectivity index (χ1v) is 4.75. The Morgan fingerprint density at radius 3 is 2.47 bits per heavy atom. The van der Waals surface area contributed by atoms with Gasteiger partial charge in [-0.05, 0) is 17.7 Å². The van der Waals surface area contributed by atoms with Gasteiger partial charge >= 0.3 is 6.36 Å². The van der Waals surface area contributed by atoms with Gasteiger partial charge in [0.1, 0.15) is 5.75 Å². The molecule has 0 saturated carbocycles. The van der Waals surface area contributed by atoms with Crippen LogP contribution < -0.4 is 4.74 Å². The summed E-state index contributed by atoms with van der Waals surface area (Å²) in [5.74, 6) is -0.255. The molecule has 84 valence electrons. The number of ether oxygens (including phenoxy) is 2. The van der Waals surface area contributed by atoms with Gasteiger partial charge in [0.05, 0.1) is 6.61 Å². The van der Waals surface area contributed by atoms with Gasteiger partial charge < -0.3 is 9.47 Å². The van der Waals surface area contributed by atoms with E-state index in [2.05, 4.69) is 20.7 Å². The average molecular weight is 285 g/mol. The molecule has 1 aromatic rings. The van der Waals surface area contributed by atoms with Crippen LogP contribution in [-0.4, -0.2) is 13.5 Å². The van der Waals surface area contributed by atoms with Gasteiger partial charge in [0, 0.05) is 11.6 Å². The summed E-state index contributed by atoms with van der Waals surface area (Å²) in [5.41, 5.74) is 0.757. The molecule has 15 heavy (non-hydrogen) atoms. The molecule has 0 N–H and O–H groups in total. The van der Waals surface area contributed by atoms with E-state index in [1.807, 2.05) is 0 Å². The van der Waals surface area contributed by atoms with Crippen LogP contribution in [0.3, 0.4) is 0 Å². The van der Waals surface area contributed by atoms with Crippen LogP contribution in [0, 0.1) is 0 Å². The monoisotopic (exact) mass is 284 g/mol. The van der Waals surface area contributed by atoms with Crippen LogP contribution in [0.1, 0.15) is 5.56 Å². The molecule has 0 aliphatic rings. The number of rotatable bonds is 3. The van der Waals surface area contributed by atoms with E-state index < -0.39 is 6.36 Å². The molecular formula is C9H8BrF3O2. The molecule has 0 aromatic heterocycles. The van der Waals surface area contributed by atoms with E-state index in [-0.39, 0.29) is 5.75 Å². The van der Waals surface area contributed by atoms with Gasteiger partial charge in [-0.1, -0.05) is 22.0 Å². The number of alkyl halides is 3. The molecule has 0 aliphatic carbocycles. The molecule has 0 fully saturated rings. The lowest BCUT2D eigenvalue weighted by Gasteiger charge is -2.10. The number of hydrogen-bond donors (Lipinski definition) is 0. The zero-order valence-corrected chi connectivity index (χ0v) is 9.35. The molecule has 6 heteroatoms. The number of halogens is 4. The third-order valence-electron chi connectivity index (χ3n) is 1.56. The maximum Gasteiger partial charge on any atom is 0.573 e. The van der Waals surface area contributed by atoms with E-state index in [1.54, 1.807) is 0 Å². The van der Waals surface area contributed by atoms with E-state index >= 15 is 0 Å². The Kier molecular flexibility index (Phi) is 3.98. The van der Waals surface area contributed by atoms with Crippen molar-refractivity contribution >= 4 is 15.9 Å². The summed E-state index contributed by atoms with van der Waals surface area (Å²) in [6.45, 7) is 0.326. The number of methoxy groups -OCH3 is 1. The quantitative estimate of drug-likeness (QED) is 0.846. The summed E-state index contributed by atoms with van der Waals surface area (Å²) < 4.78 is 44.7. The van der Waals surface area contributed by atoms with Gasteiger partial charge in [0.2, 0.25) is 0 Å². The first-order chi connectivity index (χ1) is 6.92. The maximum atomic E-state index is 11.9. The lowest BCUT2D eigenvalue weighted by Crippen LogP contribution is -2.17. The predicted octanol–water partition coefficient (Wildman–Crippen LogP) is 3.49. The third-order valence-corrected chi connectivity index (χ3v) is 2.30. The first-order valence-electron chi connectivity index (χ1n) is 3.95. The van der Waals surface area contributed by atoms with Crippen LogP contribution in [0.15, 0.2) is 22.7 Å². The Balaban J connectivity index is 2.82. The van der Waals surface area contributed by atoms with E-state index in [1.165, 1.54) is 25.3 Å². The van der Waals surface area contributed by atoms with Crippen molar-refractivity contribution in [1.82, 2.24) is 0 Å². The van der Waals surface area contributed by atoms with Crippen molar-refractivity contribution in [3.05, 3.63) is 28.2 Å². The van der Waals surface area contributed by atoms with Gasteiger partial charge in [-0.25, -0.2) is 0 Å². The lowest BCUT2D eigenvalue weighted by molar-refractivity contribution is -0.274. The molecule has 0 saturated heterocycles. The van der Waals surface area contributed by atoms with Crippen LogP contribution in [0.5, 0.6) is 5.75 Å². The minimum absolute atomic E-state index is 0.255. The fourth-order valence-corrected chi connectivity index (χ4v) is 1.47. The molecule has 1 aromatic carbocycles. The van der Waals surface area contributed by atoms with Gasteiger partial charge in [0.25, 0.3) is 0 Å². The van der Waals surface area contributed by atoms with E-state index in [9.17, 15) is 13.2 Å². The minimum Gasteiger partial charge on any atom is -0.406 e. The summed E-state index contributed by atoms with van der Waals surface area (Å²) in [7, 11) is 1.51. The van der Waals surface area contributed by atoms with Crippen LogP contribution >= 0.6 is 15.9 Å². The summed E-state index contributed by atoms with van der Waals surface area (Å²) in [5, 5.41) is 0. The van der Waals surface area contributed by atoms with Crippen LogP contribution in [0.4, 0.5) is 13.2 Å². The second-order valence-corrected chi connectivity index (χ2v) is 3.59. The Labute approximate surface area is 93.1 Å². The summed E-state index contributed by atoms with van der Waals surface area (Å²) in [4.78, 5) is 0. The molecule has 0 amide bonds. The number of benzene rings is 1. The largest absolute Gasteiger partial charge is 0.573 e. The SMILES string of the molecule is COCc1ccc(OC(F)(F)F)cc1Br. The minimum atomic E-state index is -4.66. The molecule has 0 radical (unpaired) electrons. The fourth-order valence-electron chi connectivity index (χ4n) is 0.998. The Morgan fingerprint density at radius 2 is 2.00 bits per heavy atom. The van der Waals surface area contributed by atoms with Crippen molar-refractivity contribution in [2.75, 3.05) is 7.11 Å². The van der Waals surface area contributed by atoms with E-state index in [0.29, 0.717) is 11.1 Å². The topological polar surface area (TPSA) is 18.5 Å². The highest BCUT2D eigenvalue weighted by atomic mass is 79.9. The molecule has 1 rings (SSSR count). The summed E-state index contributed by atoms with van der Waals surface area (Å²) in [6, 6.07) is 4.00. The van der Waals surface area contributed by atoms with Gasteiger partial charge in [0.15, 0.2) is 0 Å². The summed E-state index contributed by atoms with van der Waals surface area (Å²) >= 11 is 3.13. The van der Waals surface area contributed by atoms with Crippen molar-refractivity contribution in [2.24, 2.45) is 0 Å². The lowest BCUT2D eigenvalue weighted by atomic mass is 10.2. The fraction of sp³-hybridized carbons (Fsp3) is 0.333. The highest BCUT2D eigenvalue weighted by Gasteiger charge is 2.31. The van der Waals surface area contributed by atoms with Crippen LogP contribution in [0.2, 0.25) is 0 Å². The Bertz CT molecular complexity index is 339. The van der Waals surface area contributed by atoms with Crippen molar-refractivity contribution in [1.29, 1.82) is 0 Å². The molecule has 0 heterocycles. The van der Waals surface area contributed by atoms with Gasteiger partial charge in [-0.15, -0.1) is 13.2 Å². The Hall–Kier alpha value is -0.750. The van der Waals surface area contributed by atoms with Crippen molar-refractivity contribution in [2.45, 2.75) is 13.0 Å². The van der Waals surface area contributed by atoms with E-state index in [4.69, 9.17) is 4.74 Å². The molecule has 0 atom stereocenters. The molecule has 0 spiro atoms. The van der Waals surface area contributed by atoms with Crippen LogP contribution in [0.25, 0.3) is 0 Å². The highest BCUT2D eigenvalue weighted by molar-refractivity contribution is 9.10. The molecule has 0 bridgehead atoms. The zero-order chi connectivity index (χ0) is 11.5. The van der Waals surface area contributed by atoms with Crippen molar-refractivity contribution < 1.29 is 22.6 Å². The highest BCUT2D eigenvalue weighted by Crippen LogP contribution is 2.27. The number of hydrogen-bond acceptors (Lipinski definition) is 2. The molecule has 2 nitrogen and oxygen atoms in total. The average Bonchev–Trinajstić information content (AvgIpc) is 2.07. The smallest absolute Gasteiger partial charge is 0.406 e. The normalized spacial score (nSPS) is 11.5. The van der Waals surface area contributed by atoms with Crippen molar-refractivity contribution in [3.8, 4) is 5.75 Å². The van der Waals surface area contributed by atoms with Crippen LogP contribution in [-0.2, 0) is 11.3 Å². The molecule has 0 unspecified atom stereocenters. The van der Waals surface area contributed by atoms with Crippen molar-refractivity contribution in [3.63, 3.8) is 0 Å². The molecule has 0 aliphatic heterocycles. The first kappa shape index (κ1) is 12.3.